The number of para-hydroxylation sites is 1. The second-order valence-electron chi connectivity index (χ2n) is 7.66. The van der Waals surface area contributed by atoms with Crippen molar-refractivity contribution in [2.45, 2.75) is 44.5 Å². The van der Waals surface area contributed by atoms with Crippen molar-refractivity contribution in [3.8, 4) is 11.3 Å². The minimum Gasteiger partial charge on any atom is -0.387 e. The summed E-state index contributed by atoms with van der Waals surface area (Å²) in [4.78, 5) is 4.38. The van der Waals surface area contributed by atoms with Crippen LogP contribution in [0.25, 0.3) is 22.2 Å². The molecule has 2 heterocycles. The molecule has 1 aliphatic rings. The number of pyridine rings is 1. The number of nitrogens with zero attached hydrogens (tertiary/aromatic N) is 1. The van der Waals surface area contributed by atoms with Gasteiger partial charge < -0.3 is 10.4 Å². The summed E-state index contributed by atoms with van der Waals surface area (Å²) in [5.41, 5.74) is 1.78. The fraction of sp³-hybridized carbons (Fsp3) is 0.348. The van der Waals surface area contributed by atoms with Crippen LogP contribution in [0.4, 0.5) is 13.2 Å². The van der Waals surface area contributed by atoms with Gasteiger partial charge in [-0.15, -0.1) is 0 Å². The minimum atomic E-state index is -4.52. The molecule has 1 aromatic heterocycles. The van der Waals surface area contributed by atoms with E-state index in [0.717, 1.165) is 43.0 Å². The fourth-order valence-corrected chi connectivity index (χ4v) is 3.99. The van der Waals surface area contributed by atoms with Gasteiger partial charge in [0.25, 0.3) is 0 Å². The van der Waals surface area contributed by atoms with Gasteiger partial charge in [-0.2, -0.15) is 13.2 Å². The summed E-state index contributed by atoms with van der Waals surface area (Å²) in [7, 11) is 0. The zero-order valence-electron chi connectivity index (χ0n) is 16.1. The van der Waals surface area contributed by atoms with Crippen LogP contribution >= 0.6 is 0 Å². The number of halogens is 3. The average molecular weight is 400 g/mol. The van der Waals surface area contributed by atoms with E-state index in [-0.39, 0.29) is 11.6 Å². The molecule has 0 bridgehead atoms. The minimum absolute atomic E-state index is 0.122. The van der Waals surface area contributed by atoms with Crippen molar-refractivity contribution >= 4 is 10.9 Å². The Bertz CT molecular complexity index is 1010. The van der Waals surface area contributed by atoms with Gasteiger partial charge in [0.05, 0.1) is 22.9 Å². The highest BCUT2D eigenvalue weighted by atomic mass is 19.4. The third-order valence-electron chi connectivity index (χ3n) is 5.57. The normalized spacial score (nSPS) is 18.7. The summed E-state index contributed by atoms with van der Waals surface area (Å²) in [6.45, 7) is 2.74. The molecule has 152 valence electrons. The third-order valence-corrected chi connectivity index (χ3v) is 5.57. The van der Waals surface area contributed by atoms with E-state index in [0.29, 0.717) is 16.6 Å². The Morgan fingerprint density at radius 1 is 1.10 bits per heavy atom. The topological polar surface area (TPSA) is 45.1 Å². The predicted molar refractivity (Wildman–Crippen MR) is 108 cm³/mol. The predicted octanol–water partition coefficient (Wildman–Crippen LogP) is 5.40. The first-order valence-electron chi connectivity index (χ1n) is 9.84. The summed E-state index contributed by atoms with van der Waals surface area (Å²) in [6, 6.07) is 13.1. The van der Waals surface area contributed by atoms with E-state index in [9.17, 15) is 18.3 Å². The highest BCUT2D eigenvalue weighted by Gasteiger charge is 2.34. The van der Waals surface area contributed by atoms with Crippen molar-refractivity contribution in [3.05, 3.63) is 65.2 Å². The maximum Gasteiger partial charge on any atom is 0.418 e. The van der Waals surface area contributed by atoms with E-state index in [1.54, 1.807) is 12.1 Å². The van der Waals surface area contributed by atoms with Gasteiger partial charge in [0.2, 0.25) is 0 Å². The molecular formula is C23H23F3N2O. The summed E-state index contributed by atoms with van der Waals surface area (Å²) in [5, 5.41) is 14.7. The quantitative estimate of drug-likeness (QED) is 0.618. The molecule has 2 N–H and O–H groups in total. The molecule has 0 amide bonds. The first kappa shape index (κ1) is 19.9. The molecule has 1 fully saturated rings. The Hall–Kier alpha value is -2.44. The first-order valence-corrected chi connectivity index (χ1v) is 9.84. The Kier molecular flexibility index (Phi) is 5.32. The van der Waals surface area contributed by atoms with Gasteiger partial charge >= 0.3 is 6.18 Å². The number of alkyl halides is 3. The molecule has 2 unspecified atom stereocenters. The van der Waals surface area contributed by atoms with Crippen LogP contribution in [0, 0.1) is 6.92 Å². The van der Waals surface area contributed by atoms with Crippen LogP contribution in [0.2, 0.25) is 0 Å². The van der Waals surface area contributed by atoms with Gasteiger partial charge in [0, 0.05) is 17.0 Å². The molecule has 0 radical (unpaired) electrons. The lowest BCUT2D eigenvalue weighted by Gasteiger charge is -2.29. The van der Waals surface area contributed by atoms with E-state index < -0.39 is 17.8 Å². The van der Waals surface area contributed by atoms with Crippen LogP contribution in [-0.2, 0) is 6.18 Å². The maximum absolute atomic E-state index is 13.7. The summed E-state index contributed by atoms with van der Waals surface area (Å²) in [5.74, 6) is 0. The van der Waals surface area contributed by atoms with Gasteiger partial charge in [-0.1, -0.05) is 48.4 Å². The monoisotopic (exact) mass is 400 g/mol. The van der Waals surface area contributed by atoms with Gasteiger partial charge in [-0.05, 0) is 44.0 Å². The molecule has 29 heavy (non-hydrogen) atoms. The van der Waals surface area contributed by atoms with Crippen LogP contribution in [0.3, 0.4) is 0 Å². The largest absolute Gasteiger partial charge is 0.418 e. The van der Waals surface area contributed by atoms with Crippen molar-refractivity contribution in [2.24, 2.45) is 0 Å². The number of benzene rings is 2. The van der Waals surface area contributed by atoms with Crippen LogP contribution < -0.4 is 5.32 Å². The number of nitrogens with one attached hydrogen (secondary N) is 1. The second kappa shape index (κ2) is 7.76. The Morgan fingerprint density at radius 2 is 1.86 bits per heavy atom. The van der Waals surface area contributed by atoms with Crippen molar-refractivity contribution in [2.75, 3.05) is 6.54 Å². The Balaban J connectivity index is 1.93. The van der Waals surface area contributed by atoms with Crippen molar-refractivity contribution in [1.29, 1.82) is 0 Å². The highest BCUT2D eigenvalue weighted by molar-refractivity contribution is 5.88. The number of aliphatic hydroxyl groups excluding tert-OH is 1. The lowest BCUT2D eigenvalue weighted by Crippen LogP contribution is -2.38. The number of aryl methyl sites for hydroxylation is 1. The van der Waals surface area contributed by atoms with Gasteiger partial charge in [-0.3, -0.25) is 0 Å². The van der Waals surface area contributed by atoms with Gasteiger partial charge in [-0.25, -0.2) is 4.98 Å². The average Bonchev–Trinajstić information content (AvgIpc) is 2.72. The van der Waals surface area contributed by atoms with E-state index >= 15 is 0 Å². The molecule has 2 atom stereocenters. The molecule has 1 aliphatic heterocycles. The zero-order chi connectivity index (χ0) is 20.6. The molecule has 3 aromatic rings. The maximum atomic E-state index is 13.7. The number of rotatable bonds is 3. The summed E-state index contributed by atoms with van der Waals surface area (Å²) >= 11 is 0. The molecule has 0 saturated carbocycles. The highest BCUT2D eigenvalue weighted by Crippen LogP contribution is 2.38. The molecule has 4 rings (SSSR count). The SMILES string of the molecule is Cc1ccc(-c2cc(C(O)C3CCCCN3)c3cccc(C(F)(F)F)c3n2)cc1. The molecular weight excluding hydrogens is 377 g/mol. The number of hydrogen-bond acceptors (Lipinski definition) is 3. The molecule has 0 aliphatic carbocycles. The first-order chi connectivity index (χ1) is 13.8. The van der Waals surface area contributed by atoms with E-state index in [1.807, 2.05) is 31.2 Å². The van der Waals surface area contributed by atoms with Gasteiger partial charge in [0.15, 0.2) is 0 Å². The lowest BCUT2D eigenvalue weighted by molar-refractivity contribution is -0.136. The van der Waals surface area contributed by atoms with Crippen LogP contribution in [0.15, 0.2) is 48.5 Å². The Labute approximate surface area is 167 Å². The van der Waals surface area contributed by atoms with Crippen LogP contribution in [0.5, 0.6) is 0 Å². The van der Waals surface area contributed by atoms with Crippen molar-refractivity contribution < 1.29 is 18.3 Å². The van der Waals surface area contributed by atoms with E-state index in [4.69, 9.17) is 0 Å². The number of piperidine rings is 1. The van der Waals surface area contributed by atoms with E-state index in [2.05, 4.69) is 10.3 Å². The number of aliphatic hydroxyl groups is 1. The van der Waals surface area contributed by atoms with E-state index in [1.165, 1.54) is 6.07 Å². The molecule has 0 spiro atoms. The standard InChI is InChI=1S/C23H23F3N2O/c1-14-8-10-15(11-9-14)20-13-17(22(29)19-7-2-3-12-27-19)16-5-4-6-18(21(16)28-20)23(24,25)26/h4-6,8-11,13,19,22,27,29H,2-3,7,12H2,1H3. The molecule has 6 heteroatoms. The molecule has 1 saturated heterocycles. The summed E-state index contributed by atoms with van der Waals surface area (Å²) in [6.07, 6.45) is -2.63. The smallest absolute Gasteiger partial charge is 0.387 e. The third kappa shape index (κ3) is 4.00. The second-order valence-corrected chi connectivity index (χ2v) is 7.66. The van der Waals surface area contributed by atoms with Crippen LogP contribution in [-0.4, -0.2) is 22.7 Å². The van der Waals surface area contributed by atoms with Crippen molar-refractivity contribution in [1.82, 2.24) is 10.3 Å². The number of fused-ring (bicyclic) bond motifs is 1. The molecule has 2 aromatic carbocycles. The number of aromatic nitrogens is 1. The summed E-state index contributed by atoms with van der Waals surface area (Å²) < 4.78 is 41.0. The number of hydrogen-bond donors (Lipinski definition) is 2. The molecule has 3 nitrogen and oxygen atoms in total. The van der Waals surface area contributed by atoms with Gasteiger partial charge in [0.1, 0.15) is 0 Å². The lowest BCUT2D eigenvalue weighted by atomic mass is 9.91. The zero-order valence-corrected chi connectivity index (χ0v) is 16.1. The van der Waals surface area contributed by atoms with Crippen molar-refractivity contribution in [3.63, 3.8) is 0 Å². The van der Waals surface area contributed by atoms with Crippen LogP contribution in [0.1, 0.15) is 42.1 Å². The Morgan fingerprint density at radius 3 is 2.52 bits per heavy atom. The fourth-order valence-electron chi connectivity index (χ4n) is 3.99.